The van der Waals surface area contributed by atoms with Gasteiger partial charge in [-0.15, -0.1) is 0 Å². The molecule has 10 heteroatoms. The highest BCUT2D eigenvalue weighted by atomic mass is 32.1. The smallest absolute Gasteiger partial charge is 0.395 e. The number of carbonyl (C=O) groups is 2. The molecule has 128 valence electrons. The summed E-state index contributed by atoms with van der Waals surface area (Å²) < 4.78 is 5.63. The van der Waals surface area contributed by atoms with Crippen LogP contribution in [0, 0.1) is 10.1 Å². The number of thiazole rings is 1. The summed E-state index contributed by atoms with van der Waals surface area (Å²) in [6.07, 6.45) is 0.354. The summed E-state index contributed by atoms with van der Waals surface area (Å²) >= 11 is 1.28. The third kappa shape index (κ3) is 3.63. The molecule has 0 aliphatic rings. The fraction of sp³-hybridized carbons (Fsp3) is 0.133. The van der Waals surface area contributed by atoms with Crippen molar-refractivity contribution in [1.29, 1.82) is 0 Å². The van der Waals surface area contributed by atoms with Crippen LogP contribution in [0.25, 0.3) is 10.2 Å². The Bertz CT molecular complexity index is 977. The summed E-state index contributed by atoms with van der Waals surface area (Å²) in [5.74, 6) is -1.39. The molecule has 9 nitrogen and oxygen atoms in total. The Balaban J connectivity index is 1.77. The summed E-state index contributed by atoms with van der Waals surface area (Å²) in [5.41, 5.74) is 1.16. The van der Waals surface area contributed by atoms with Crippen molar-refractivity contribution in [2.45, 2.75) is 13.3 Å². The van der Waals surface area contributed by atoms with E-state index in [0.717, 1.165) is 10.8 Å². The van der Waals surface area contributed by atoms with Crippen molar-refractivity contribution in [2.75, 3.05) is 10.6 Å². The first-order valence-corrected chi connectivity index (χ1v) is 8.04. The highest BCUT2D eigenvalue weighted by Gasteiger charge is 2.17. The van der Waals surface area contributed by atoms with Gasteiger partial charge < -0.3 is 15.1 Å². The van der Waals surface area contributed by atoms with E-state index in [2.05, 4.69) is 15.6 Å². The van der Waals surface area contributed by atoms with Gasteiger partial charge in [0.15, 0.2) is 10.9 Å². The van der Waals surface area contributed by atoms with Crippen molar-refractivity contribution in [3.8, 4) is 0 Å². The largest absolute Gasteiger partial charge is 0.433 e. The fourth-order valence-electron chi connectivity index (χ4n) is 2.00. The van der Waals surface area contributed by atoms with Crippen LogP contribution in [0.5, 0.6) is 0 Å². The van der Waals surface area contributed by atoms with E-state index in [9.17, 15) is 19.7 Å². The van der Waals surface area contributed by atoms with Crippen molar-refractivity contribution < 1.29 is 18.9 Å². The maximum Gasteiger partial charge on any atom is 0.433 e. The second kappa shape index (κ2) is 6.69. The molecule has 3 aromatic rings. The molecule has 0 atom stereocenters. The van der Waals surface area contributed by atoms with E-state index < -0.39 is 16.7 Å². The number of aromatic nitrogens is 1. The number of hydrogen-bond donors (Lipinski definition) is 2. The standard InChI is InChI=1S/C15H12N4O5S/c1-2-12(20)18-15-17-9-4-3-8(7-11(9)25-15)16-14(21)10-5-6-13(24-10)19(22)23/h3-7H,2H2,1H3,(H,16,21)(H,17,18,20). The van der Waals surface area contributed by atoms with Gasteiger partial charge in [0.05, 0.1) is 16.3 Å². The Labute approximate surface area is 144 Å². The molecule has 0 aliphatic heterocycles. The van der Waals surface area contributed by atoms with E-state index in [1.165, 1.54) is 17.4 Å². The average Bonchev–Trinajstić information content (AvgIpc) is 3.20. The number of rotatable bonds is 5. The van der Waals surface area contributed by atoms with Gasteiger partial charge in [0.25, 0.3) is 5.91 Å². The molecule has 0 spiro atoms. The predicted octanol–water partition coefficient (Wildman–Crippen LogP) is 3.40. The van der Waals surface area contributed by atoms with Gasteiger partial charge in [0, 0.05) is 12.1 Å². The Kier molecular flexibility index (Phi) is 4.44. The summed E-state index contributed by atoms with van der Waals surface area (Å²) in [4.78, 5) is 37.6. The van der Waals surface area contributed by atoms with E-state index in [0.29, 0.717) is 22.8 Å². The number of anilines is 2. The molecule has 0 bridgehead atoms. The number of furan rings is 1. The molecule has 0 fully saturated rings. The lowest BCUT2D eigenvalue weighted by atomic mass is 10.3. The van der Waals surface area contributed by atoms with Crippen LogP contribution in [-0.2, 0) is 4.79 Å². The van der Waals surface area contributed by atoms with Crippen LogP contribution in [0.3, 0.4) is 0 Å². The zero-order valence-corrected chi connectivity index (χ0v) is 13.8. The summed E-state index contributed by atoms with van der Waals surface area (Å²) in [6.45, 7) is 1.75. The quantitative estimate of drug-likeness (QED) is 0.530. The van der Waals surface area contributed by atoms with E-state index in [-0.39, 0.29) is 11.7 Å². The van der Waals surface area contributed by atoms with Gasteiger partial charge in [-0.3, -0.25) is 19.7 Å². The monoisotopic (exact) mass is 360 g/mol. The lowest BCUT2D eigenvalue weighted by molar-refractivity contribution is -0.402. The molecule has 2 heterocycles. The van der Waals surface area contributed by atoms with Gasteiger partial charge in [-0.25, -0.2) is 4.98 Å². The molecular formula is C15H12N4O5S. The first-order valence-electron chi connectivity index (χ1n) is 7.22. The SMILES string of the molecule is CCC(=O)Nc1nc2ccc(NC(=O)c3ccc([N+](=O)[O-])o3)cc2s1. The zero-order valence-electron chi connectivity index (χ0n) is 12.9. The summed E-state index contributed by atoms with van der Waals surface area (Å²) in [7, 11) is 0. The van der Waals surface area contributed by atoms with Gasteiger partial charge in [-0.2, -0.15) is 0 Å². The molecular weight excluding hydrogens is 348 g/mol. The van der Waals surface area contributed by atoms with Crippen molar-refractivity contribution >= 4 is 50.1 Å². The van der Waals surface area contributed by atoms with Crippen LogP contribution in [0.15, 0.2) is 34.7 Å². The number of nitrogens with one attached hydrogen (secondary N) is 2. The number of fused-ring (bicyclic) bond motifs is 1. The zero-order chi connectivity index (χ0) is 18.0. The molecule has 2 aromatic heterocycles. The topological polar surface area (TPSA) is 127 Å². The number of nitrogens with zero attached hydrogens (tertiary/aromatic N) is 2. The van der Waals surface area contributed by atoms with Crippen LogP contribution in [0.2, 0.25) is 0 Å². The third-order valence-corrected chi connectivity index (χ3v) is 4.14. The first kappa shape index (κ1) is 16.6. The lowest BCUT2D eigenvalue weighted by Gasteiger charge is -2.02. The van der Waals surface area contributed by atoms with Crippen LogP contribution >= 0.6 is 11.3 Å². The predicted molar refractivity (Wildman–Crippen MR) is 91.9 cm³/mol. The van der Waals surface area contributed by atoms with E-state index in [1.54, 1.807) is 25.1 Å². The Morgan fingerprint density at radius 1 is 1.28 bits per heavy atom. The molecule has 2 N–H and O–H groups in total. The molecule has 2 amide bonds. The van der Waals surface area contributed by atoms with Gasteiger partial charge in [0.1, 0.15) is 4.92 Å². The first-order chi connectivity index (χ1) is 12.0. The van der Waals surface area contributed by atoms with Gasteiger partial charge in [0.2, 0.25) is 5.91 Å². The normalized spacial score (nSPS) is 10.6. The molecule has 0 aliphatic carbocycles. The maximum absolute atomic E-state index is 12.1. The number of hydrogen-bond acceptors (Lipinski definition) is 7. The van der Waals surface area contributed by atoms with Gasteiger partial charge >= 0.3 is 5.88 Å². The number of benzene rings is 1. The summed E-state index contributed by atoms with van der Waals surface area (Å²) in [6, 6.07) is 7.39. The number of amides is 2. The fourth-order valence-corrected chi connectivity index (χ4v) is 2.93. The highest BCUT2D eigenvalue weighted by Crippen LogP contribution is 2.29. The van der Waals surface area contributed by atoms with E-state index >= 15 is 0 Å². The molecule has 3 rings (SSSR count). The van der Waals surface area contributed by atoms with Crippen LogP contribution in [0.1, 0.15) is 23.9 Å². The number of nitro groups is 1. The Morgan fingerprint density at radius 2 is 2.08 bits per heavy atom. The van der Waals surface area contributed by atoms with Gasteiger partial charge in [-0.1, -0.05) is 18.3 Å². The van der Waals surface area contributed by atoms with E-state index in [4.69, 9.17) is 4.42 Å². The minimum atomic E-state index is -0.716. The minimum Gasteiger partial charge on any atom is -0.395 e. The van der Waals surface area contributed by atoms with Crippen molar-refractivity contribution in [3.05, 3.63) is 46.2 Å². The van der Waals surface area contributed by atoms with E-state index in [1.807, 2.05) is 0 Å². The number of carbonyl (C=O) groups excluding carboxylic acids is 2. The van der Waals surface area contributed by atoms with Crippen molar-refractivity contribution in [1.82, 2.24) is 4.98 Å². The van der Waals surface area contributed by atoms with Crippen molar-refractivity contribution in [2.24, 2.45) is 0 Å². The minimum absolute atomic E-state index is 0.132. The van der Waals surface area contributed by atoms with Crippen LogP contribution < -0.4 is 10.6 Å². The summed E-state index contributed by atoms with van der Waals surface area (Å²) in [5, 5.41) is 16.3. The third-order valence-electron chi connectivity index (χ3n) is 3.21. The molecule has 0 saturated carbocycles. The molecule has 25 heavy (non-hydrogen) atoms. The molecule has 1 aromatic carbocycles. The highest BCUT2D eigenvalue weighted by molar-refractivity contribution is 7.22. The molecule has 0 radical (unpaired) electrons. The molecule has 0 unspecified atom stereocenters. The lowest BCUT2D eigenvalue weighted by Crippen LogP contribution is -2.10. The molecule has 0 saturated heterocycles. The maximum atomic E-state index is 12.1. The average molecular weight is 360 g/mol. The Morgan fingerprint density at radius 3 is 2.76 bits per heavy atom. The van der Waals surface area contributed by atoms with Crippen molar-refractivity contribution in [3.63, 3.8) is 0 Å². The van der Waals surface area contributed by atoms with Crippen LogP contribution in [-0.4, -0.2) is 21.7 Å². The second-order valence-corrected chi connectivity index (χ2v) is 5.98. The van der Waals surface area contributed by atoms with Gasteiger partial charge in [-0.05, 0) is 24.3 Å². The van der Waals surface area contributed by atoms with Crippen LogP contribution in [0.4, 0.5) is 16.7 Å². The Hall–Kier alpha value is -3.27. The second-order valence-electron chi connectivity index (χ2n) is 4.95.